The van der Waals surface area contributed by atoms with Crippen molar-refractivity contribution in [1.29, 1.82) is 0 Å². The molecule has 4 rings (SSSR count). The Labute approximate surface area is 180 Å². The topological polar surface area (TPSA) is 89.9 Å². The third-order valence-corrected chi connectivity index (χ3v) is 5.35. The number of benzene rings is 2. The number of carbonyl (C=O) groups excluding carboxylic acids is 1. The number of nitrogens with zero attached hydrogens (tertiary/aromatic N) is 6. The van der Waals surface area contributed by atoms with Crippen LogP contribution in [0, 0.1) is 6.92 Å². The maximum absolute atomic E-state index is 12.7. The second-order valence-corrected chi connectivity index (χ2v) is 7.48. The van der Waals surface area contributed by atoms with E-state index in [0.29, 0.717) is 24.6 Å². The quantitative estimate of drug-likeness (QED) is 0.455. The smallest absolute Gasteiger partial charge is 0.247 e. The van der Waals surface area contributed by atoms with Crippen LogP contribution in [0.4, 0.5) is 0 Å². The molecule has 0 saturated heterocycles. The summed E-state index contributed by atoms with van der Waals surface area (Å²) in [6.07, 6.45) is 3.85. The van der Waals surface area contributed by atoms with Crippen LogP contribution in [0.25, 0.3) is 17.1 Å². The van der Waals surface area contributed by atoms with E-state index in [4.69, 9.17) is 4.42 Å². The lowest BCUT2D eigenvalue weighted by Crippen LogP contribution is -2.29. The molecule has 0 saturated carbocycles. The Bertz CT molecular complexity index is 1130. The third kappa shape index (κ3) is 4.69. The maximum atomic E-state index is 12.7. The van der Waals surface area contributed by atoms with Crippen molar-refractivity contribution in [2.24, 2.45) is 0 Å². The minimum Gasteiger partial charge on any atom is -0.421 e. The summed E-state index contributed by atoms with van der Waals surface area (Å²) in [5, 5.41) is 12.3. The number of hydrogen-bond acceptors (Lipinski definition) is 6. The summed E-state index contributed by atoms with van der Waals surface area (Å²) in [4.78, 5) is 18.4. The molecule has 0 fully saturated rings. The Kier molecular flexibility index (Phi) is 5.88. The summed E-state index contributed by atoms with van der Waals surface area (Å²) in [5.74, 6) is 0.946. The first-order valence-corrected chi connectivity index (χ1v) is 10.1. The maximum Gasteiger partial charge on any atom is 0.247 e. The molecule has 1 atom stereocenters. The van der Waals surface area contributed by atoms with Gasteiger partial charge in [-0.1, -0.05) is 29.8 Å². The van der Waals surface area contributed by atoms with Crippen LogP contribution in [0.15, 0.2) is 65.6 Å². The first kappa shape index (κ1) is 20.5. The highest BCUT2D eigenvalue weighted by Crippen LogP contribution is 2.22. The molecule has 0 radical (unpaired) electrons. The SMILES string of the molecule is Cc1ccc(-c2nnc(CCC(=O)N(C)[C@@H](C)c3ccc(-n4cncn4)cc3)o2)cc1. The van der Waals surface area contributed by atoms with Gasteiger partial charge in [-0.25, -0.2) is 9.67 Å². The minimum absolute atomic E-state index is 0.0166. The Balaban J connectivity index is 1.34. The highest BCUT2D eigenvalue weighted by Gasteiger charge is 2.19. The van der Waals surface area contributed by atoms with Crippen molar-refractivity contribution in [3.05, 3.63) is 78.2 Å². The van der Waals surface area contributed by atoms with Gasteiger partial charge in [0.25, 0.3) is 0 Å². The molecule has 0 N–H and O–H groups in total. The van der Waals surface area contributed by atoms with Gasteiger partial charge in [0.1, 0.15) is 12.7 Å². The fraction of sp³-hybridized carbons (Fsp3) is 0.261. The Morgan fingerprint density at radius 1 is 1.10 bits per heavy atom. The molecule has 0 aliphatic carbocycles. The lowest BCUT2D eigenvalue weighted by molar-refractivity contribution is -0.131. The molecule has 31 heavy (non-hydrogen) atoms. The molecule has 0 unspecified atom stereocenters. The summed E-state index contributed by atoms with van der Waals surface area (Å²) in [5.41, 5.74) is 4.00. The second kappa shape index (κ2) is 8.91. The average molecular weight is 416 g/mol. The van der Waals surface area contributed by atoms with Gasteiger partial charge in [-0.15, -0.1) is 10.2 Å². The van der Waals surface area contributed by atoms with Gasteiger partial charge in [-0.3, -0.25) is 4.79 Å². The number of aryl methyl sites for hydroxylation is 2. The molecule has 0 aliphatic heterocycles. The predicted octanol–water partition coefficient (Wildman–Crippen LogP) is 3.78. The molecule has 1 amide bonds. The van der Waals surface area contributed by atoms with E-state index < -0.39 is 0 Å². The van der Waals surface area contributed by atoms with Crippen LogP contribution in [0.2, 0.25) is 0 Å². The molecule has 2 heterocycles. The average Bonchev–Trinajstić information content (AvgIpc) is 3.49. The molecule has 2 aromatic carbocycles. The summed E-state index contributed by atoms with van der Waals surface area (Å²) in [6, 6.07) is 15.7. The van der Waals surface area contributed by atoms with Crippen LogP contribution in [-0.2, 0) is 11.2 Å². The van der Waals surface area contributed by atoms with Gasteiger partial charge in [0.05, 0.1) is 11.7 Å². The summed E-state index contributed by atoms with van der Waals surface area (Å²) in [7, 11) is 1.81. The van der Waals surface area contributed by atoms with Crippen LogP contribution in [0.5, 0.6) is 0 Å². The van der Waals surface area contributed by atoms with Crippen molar-refractivity contribution in [3.63, 3.8) is 0 Å². The Morgan fingerprint density at radius 3 is 2.52 bits per heavy atom. The van der Waals surface area contributed by atoms with Gasteiger partial charge in [-0.05, 0) is 43.7 Å². The van der Waals surface area contributed by atoms with Crippen molar-refractivity contribution < 1.29 is 9.21 Å². The molecule has 8 heteroatoms. The van der Waals surface area contributed by atoms with Gasteiger partial charge in [0.2, 0.25) is 17.7 Å². The van der Waals surface area contributed by atoms with Crippen LogP contribution in [-0.4, -0.2) is 42.8 Å². The van der Waals surface area contributed by atoms with Gasteiger partial charge >= 0.3 is 0 Å². The first-order valence-electron chi connectivity index (χ1n) is 10.1. The molecule has 0 spiro atoms. The Morgan fingerprint density at radius 2 is 1.84 bits per heavy atom. The van der Waals surface area contributed by atoms with E-state index in [1.54, 1.807) is 15.9 Å². The van der Waals surface area contributed by atoms with E-state index in [-0.39, 0.29) is 11.9 Å². The number of amides is 1. The molecule has 4 aromatic rings. The van der Waals surface area contributed by atoms with Crippen LogP contribution < -0.4 is 0 Å². The van der Waals surface area contributed by atoms with Crippen molar-refractivity contribution in [2.75, 3.05) is 7.05 Å². The van der Waals surface area contributed by atoms with Crippen LogP contribution in [0.3, 0.4) is 0 Å². The highest BCUT2D eigenvalue weighted by atomic mass is 16.4. The first-order chi connectivity index (χ1) is 15.0. The van der Waals surface area contributed by atoms with E-state index in [0.717, 1.165) is 16.8 Å². The monoisotopic (exact) mass is 416 g/mol. The largest absolute Gasteiger partial charge is 0.421 e. The lowest BCUT2D eigenvalue weighted by Gasteiger charge is -2.25. The van der Waals surface area contributed by atoms with Crippen LogP contribution in [0.1, 0.15) is 36.4 Å². The zero-order chi connectivity index (χ0) is 21.8. The minimum atomic E-state index is -0.0666. The normalized spacial score (nSPS) is 12.0. The van der Waals surface area contributed by atoms with E-state index in [2.05, 4.69) is 20.3 Å². The van der Waals surface area contributed by atoms with Crippen molar-refractivity contribution >= 4 is 5.91 Å². The fourth-order valence-electron chi connectivity index (χ4n) is 3.24. The van der Waals surface area contributed by atoms with E-state index in [1.807, 2.05) is 69.4 Å². The molecule has 0 aliphatic rings. The molecule has 8 nitrogen and oxygen atoms in total. The third-order valence-electron chi connectivity index (χ3n) is 5.35. The Hall–Kier alpha value is -3.81. The summed E-state index contributed by atoms with van der Waals surface area (Å²) >= 11 is 0. The number of carbonyl (C=O) groups is 1. The number of rotatable bonds is 7. The molecule has 0 bridgehead atoms. The van der Waals surface area contributed by atoms with Gasteiger partial charge < -0.3 is 9.32 Å². The lowest BCUT2D eigenvalue weighted by atomic mass is 10.1. The van der Waals surface area contributed by atoms with E-state index in [9.17, 15) is 4.79 Å². The summed E-state index contributed by atoms with van der Waals surface area (Å²) in [6.45, 7) is 4.03. The van der Waals surface area contributed by atoms with Crippen molar-refractivity contribution in [2.45, 2.75) is 32.7 Å². The molecule has 158 valence electrons. The summed E-state index contributed by atoms with van der Waals surface area (Å²) < 4.78 is 7.42. The number of hydrogen-bond donors (Lipinski definition) is 0. The predicted molar refractivity (Wildman–Crippen MR) is 115 cm³/mol. The molecule has 2 aromatic heterocycles. The fourth-order valence-corrected chi connectivity index (χ4v) is 3.24. The zero-order valence-electron chi connectivity index (χ0n) is 17.8. The standard InChI is InChI=1S/C23H24N6O2/c1-16-4-6-19(7-5-16)23-27-26-21(31-23)12-13-22(30)28(3)17(2)18-8-10-20(11-9-18)29-15-24-14-25-29/h4-11,14-15,17H,12-13H2,1-3H3/t17-/m0/s1. The van der Waals surface area contributed by atoms with Crippen molar-refractivity contribution in [1.82, 2.24) is 29.9 Å². The van der Waals surface area contributed by atoms with Gasteiger partial charge in [0.15, 0.2) is 0 Å². The van der Waals surface area contributed by atoms with E-state index >= 15 is 0 Å². The van der Waals surface area contributed by atoms with Crippen molar-refractivity contribution in [3.8, 4) is 17.1 Å². The zero-order valence-corrected chi connectivity index (χ0v) is 17.8. The van der Waals surface area contributed by atoms with Gasteiger partial charge in [-0.2, -0.15) is 5.10 Å². The van der Waals surface area contributed by atoms with Crippen LogP contribution >= 0.6 is 0 Å². The van der Waals surface area contributed by atoms with Gasteiger partial charge in [0, 0.05) is 25.5 Å². The number of aromatic nitrogens is 5. The van der Waals surface area contributed by atoms with E-state index in [1.165, 1.54) is 11.9 Å². The molecular weight excluding hydrogens is 392 g/mol. The second-order valence-electron chi connectivity index (χ2n) is 7.48. The molecular formula is C23H24N6O2. The highest BCUT2D eigenvalue weighted by molar-refractivity contribution is 5.76.